The summed E-state index contributed by atoms with van der Waals surface area (Å²) in [6, 6.07) is 4.76. The molecule has 6 N–H and O–H groups in total. The second kappa shape index (κ2) is 10.7. The van der Waals surface area contributed by atoms with Crippen molar-refractivity contribution in [1.29, 1.82) is 0 Å². The highest BCUT2D eigenvalue weighted by Gasteiger charge is 2.42. The van der Waals surface area contributed by atoms with E-state index in [0.717, 1.165) is 0 Å². The van der Waals surface area contributed by atoms with Crippen LogP contribution in [0.4, 0.5) is 5.69 Å². The Bertz CT molecular complexity index is 982. The van der Waals surface area contributed by atoms with Crippen LogP contribution in [0.15, 0.2) is 29.3 Å². The Labute approximate surface area is 195 Å². The normalized spacial score (nSPS) is 22.5. The van der Waals surface area contributed by atoms with Crippen LogP contribution in [-0.4, -0.2) is 95.8 Å². The van der Waals surface area contributed by atoms with Gasteiger partial charge in [0.1, 0.15) is 18.5 Å². The van der Waals surface area contributed by atoms with Gasteiger partial charge in [-0.3, -0.25) is 29.8 Å². The average Bonchev–Trinajstić information content (AvgIpc) is 2.81. The molecule has 2 heterocycles. The highest BCUT2D eigenvalue weighted by molar-refractivity contribution is 6.01. The topological polar surface area (TPSA) is 187 Å². The third-order valence-electron chi connectivity index (χ3n) is 5.74. The van der Waals surface area contributed by atoms with Gasteiger partial charge >= 0.3 is 5.97 Å². The molecule has 1 aromatic carbocycles. The first-order valence-corrected chi connectivity index (χ1v) is 10.6. The molecule has 0 aromatic heterocycles. The molecule has 3 amide bonds. The van der Waals surface area contributed by atoms with Gasteiger partial charge in [0.2, 0.25) is 6.41 Å². The maximum Gasteiger partial charge on any atom is 0.303 e. The minimum atomic E-state index is -1.04. The number of nitrogens with one attached hydrogen (secondary N) is 3. The summed E-state index contributed by atoms with van der Waals surface area (Å²) in [6.07, 6.45) is 0.343. The monoisotopic (exact) mass is 473 g/mol. The molecule has 0 saturated carbocycles. The number of carbonyl (C=O) groups excluding carboxylic acids is 4. The van der Waals surface area contributed by atoms with Gasteiger partial charge in [0.05, 0.1) is 6.04 Å². The van der Waals surface area contributed by atoms with Crippen LogP contribution in [0.2, 0.25) is 0 Å². The van der Waals surface area contributed by atoms with Crippen molar-refractivity contribution < 1.29 is 29.1 Å². The van der Waals surface area contributed by atoms with Gasteiger partial charge in [0, 0.05) is 43.9 Å². The molecule has 0 bridgehead atoms. The Morgan fingerprint density at radius 3 is 2.68 bits per heavy atom. The molecule has 3 rings (SSSR count). The number of nitrogens with two attached hydrogens (primary N) is 1. The maximum atomic E-state index is 12.7. The van der Waals surface area contributed by atoms with E-state index < -0.39 is 36.0 Å². The molecule has 2 aliphatic heterocycles. The Kier molecular flexibility index (Phi) is 7.79. The lowest BCUT2D eigenvalue weighted by Crippen LogP contribution is -2.70. The van der Waals surface area contributed by atoms with Gasteiger partial charge in [-0.1, -0.05) is 0 Å². The minimum absolute atomic E-state index is 0.0109. The number of fused-ring (bicyclic) bond motifs is 1. The molecule has 34 heavy (non-hydrogen) atoms. The fraction of sp³-hybridized carbons (Fsp3) is 0.429. The quantitative estimate of drug-likeness (QED) is 0.244. The zero-order valence-corrected chi connectivity index (χ0v) is 18.5. The lowest BCUT2D eigenvalue weighted by Gasteiger charge is -2.43. The lowest BCUT2D eigenvalue weighted by atomic mass is 10.0. The number of aliphatic imine (C=N–C) groups is 1. The van der Waals surface area contributed by atoms with E-state index in [2.05, 4.69) is 20.9 Å². The molecule has 13 heteroatoms. The number of benzene rings is 1. The Morgan fingerprint density at radius 2 is 2.06 bits per heavy atom. The van der Waals surface area contributed by atoms with Gasteiger partial charge in [-0.15, -0.1) is 0 Å². The van der Waals surface area contributed by atoms with E-state index in [1.54, 1.807) is 24.3 Å². The van der Waals surface area contributed by atoms with E-state index in [1.165, 1.54) is 16.8 Å². The van der Waals surface area contributed by atoms with Crippen molar-refractivity contribution in [2.24, 2.45) is 10.7 Å². The average molecular weight is 473 g/mol. The zero-order chi connectivity index (χ0) is 24.8. The van der Waals surface area contributed by atoms with Crippen LogP contribution in [0.1, 0.15) is 23.2 Å². The summed E-state index contributed by atoms with van der Waals surface area (Å²) in [5.74, 6) is -1.84. The van der Waals surface area contributed by atoms with E-state index in [4.69, 9.17) is 10.8 Å². The number of carboxylic acids is 1. The number of hydrogen-bond acceptors (Lipinski definition) is 9. The smallest absolute Gasteiger partial charge is 0.303 e. The second-order valence-corrected chi connectivity index (χ2v) is 8.07. The summed E-state index contributed by atoms with van der Waals surface area (Å²) in [6.45, 7) is 0.686. The van der Waals surface area contributed by atoms with E-state index in [-0.39, 0.29) is 31.4 Å². The van der Waals surface area contributed by atoms with Gasteiger partial charge in [-0.2, -0.15) is 0 Å². The highest BCUT2D eigenvalue weighted by atomic mass is 16.4. The Balaban J connectivity index is 1.58. The van der Waals surface area contributed by atoms with Crippen LogP contribution in [-0.2, 0) is 19.2 Å². The molecular weight excluding hydrogens is 446 g/mol. The number of nitrogens with zero attached hydrogens (tertiary/aromatic N) is 3. The van der Waals surface area contributed by atoms with E-state index in [0.29, 0.717) is 30.5 Å². The fourth-order valence-corrected chi connectivity index (χ4v) is 3.90. The summed E-state index contributed by atoms with van der Waals surface area (Å²) in [5.41, 5.74) is 6.68. The SMILES string of the molecule is CN(C(=O)c1ccc(NCC2CN(C=O)C3C(=O)NC(N)=NC3N2)cc1)C(C=O)CCC(=O)O. The lowest BCUT2D eigenvalue weighted by molar-refractivity contribution is -0.137. The van der Waals surface area contributed by atoms with Gasteiger partial charge in [0.15, 0.2) is 5.96 Å². The van der Waals surface area contributed by atoms with E-state index in [1.807, 2.05) is 0 Å². The van der Waals surface area contributed by atoms with Crippen molar-refractivity contribution in [2.45, 2.75) is 37.1 Å². The van der Waals surface area contributed by atoms with Crippen LogP contribution < -0.4 is 21.7 Å². The molecule has 0 aliphatic carbocycles. The molecule has 2 aliphatic rings. The van der Waals surface area contributed by atoms with Crippen LogP contribution >= 0.6 is 0 Å². The number of hydrogen-bond donors (Lipinski definition) is 5. The molecule has 182 valence electrons. The largest absolute Gasteiger partial charge is 0.481 e. The third-order valence-corrected chi connectivity index (χ3v) is 5.74. The van der Waals surface area contributed by atoms with Crippen LogP contribution in [0.3, 0.4) is 0 Å². The van der Waals surface area contributed by atoms with Gasteiger partial charge < -0.3 is 30.8 Å². The van der Waals surface area contributed by atoms with Crippen LogP contribution in [0, 0.1) is 0 Å². The van der Waals surface area contributed by atoms with Crippen molar-refractivity contribution in [2.75, 3.05) is 25.5 Å². The molecule has 1 saturated heterocycles. The Morgan fingerprint density at radius 1 is 1.35 bits per heavy atom. The summed E-state index contributed by atoms with van der Waals surface area (Å²) in [7, 11) is 1.46. The molecular formula is C21H27N7O6. The number of guanidine groups is 1. The van der Waals surface area contributed by atoms with Crippen molar-refractivity contribution in [3.8, 4) is 0 Å². The highest BCUT2D eigenvalue weighted by Crippen LogP contribution is 2.17. The number of carboxylic acid groups (broad SMARTS) is 1. The predicted molar refractivity (Wildman–Crippen MR) is 121 cm³/mol. The van der Waals surface area contributed by atoms with Crippen molar-refractivity contribution >= 4 is 42.1 Å². The summed E-state index contributed by atoms with van der Waals surface area (Å²) in [5, 5.41) is 17.6. The third kappa shape index (κ3) is 5.67. The van der Waals surface area contributed by atoms with E-state index >= 15 is 0 Å². The first kappa shape index (κ1) is 24.6. The molecule has 1 fully saturated rings. The van der Waals surface area contributed by atoms with Gasteiger partial charge in [0.25, 0.3) is 11.8 Å². The first-order chi connectivity index (χ1) is 16.2. The van der Waals surface area contributed by atoms with Crippen LogP contribution in [0.25, 0.3) is 0 Å². The maximum absolute atomic E-state index is 12.7. The molecule has 0 radical (unpaired) electrons. The molecule has 4 unspecified atom stereocenters. The molecule has 1 aromatic rings. The number of piperazine rings is 1. The van der Waals surface area contributed by atoms with Crippen molar-refractivity contribution in [3.63, 3.8) is 0 Å². The summed E-state index contributed by atoms with van der Waals surface area (Å²) in [4.78, 5) is 65.1. The number of anilines is 1. The summed E-state index contributed by atoms with van der Waals surface area (Å²) < 4.78 is 0. The minimum Gasteiger partial charge on any atom is -0.481 e. The van der Waals surface area contributed by atoms with E-state index in [9.17, 15) is 24.0 Å². The predicted octanol–water partition coefficient (Wildman–Crippen LogP) is -1.83. The van der Waals surface area contributed by atoms with Crippen LogP contribution in [0.5, 0.6) is 0 Å². The molecule has 13 nitrogen and oxygen atoms in total. The number of amides is 3. The number of likely N-dealkylation sites (N-methyl/N-ethyl adjacent to an activating group) is 1. The molecule has 0 spiro atoms. The fourth-order valence-electron chi connectivity index (χ4n) is 3.90. The zero-order valence-electron chi connectivity index (χ0n) is 18.5. The number of aldehydes is 1. The summed E-state index contributed by atoms with van der Waals surface area (Å²) >= 11 is 0. The number of carbonyl (C=O) groups is 5. The van der Waals surface area contributed by atoms with Crippen molar-refractivity contribution in [3.05, 3.63) is 29.8 Å². The first-order valence-electron chi connectivity index (χ1n) is 10.6. The van der Waals surface area contributed by atoms with Gasteiger partial charge in [-0.25, -0.2) is 4.99 Å². The molecule has 4 atom stereocenters. The second-order valence-electron chi connectivity index (χ2n) is 8.07. The van der Waals surface area contributed by atoms with Crippen molar-refractivity contribution in [1.82, 2.24) is 20.4 Å². The number of rotatable bonds is 10. The Hall–Kier alpha value is -4.00. The standard InChI is InChI=1S/C21H27N7O6/c1-27(15(10-29)6-7-16(31)32)20(34)12-2-4-13(5-3-12)23-8-14-9-28(11-30)17-18(24-14)25-21(22)26-19(17)33/h2-5,10-11,14-15,17-18,23-24H,6-9H2,1H3,(H,31,32)(H3,22,25,26,33). The number of aliphatic carboxylic acids is 1. The van der Waals surface area contributed by atoms with Gasteiger partial charge in [-0.05, 0) is 30.7 Å².